The fraction of sp³-hybridized carbons (Fsp3) is 0.636. The highest BCUT2D eigenvalue weighted by Crippen LogP contribution is 2.13. The standard InChI is InChI=1S/C11H19NO2/c1-8-5-6-14-10(8)7-12-11(3,4)9(2)13/h5-6,9,12-13H,7H2,1-4H3. The number of aliphatic hydroxyl groups excluding tert-OH is 1. The molecule has 1 unspecified atom stereocenters. The van der Waals surface area contributed by atoms with Crippen LogP contribution in [-0.2, 0) is 6.54 Å². The van der Waals surface area contributed by atoms with Crippen molar-refractivity contribution < 1.29 is 9.52 Å². The Balaban J connectivity index is 2.53. The van der Waals surface area contributed by atoms with Crippen molar-refractivity contribution in [2.45, 2.75) is 45.9 Å². The molecular formula is C11H19NO2. The van der Waals surface area contributed by atoms with Gasteiger partial charge in [0.25, 0.3) is 0 Å². The van der Waals surface area contributed by atoms with Gasteiger partial charge in [-0.05, 0) is 39.3 Å². The van der Waals surface area contributed by atoms with E-state index in [0.717, 1.165) is 11.3 Å². The number of furan rings is 1. The van der Waals surface area contributed by atoms with E-state index in [4.69, 9.17) is 4.42 Å². The van der Waals surface area contributed by atoms with E-state index in [0.29, 0.717) is 6.54 Å². The quantitative estimate of drug-likeness (QED) is 0.774. The van der Waals surface area contributed by atoms with E-state index in [2.05, 4.69) is 5.32 Å². The van der Waals surface area contributed by atoms with Gasteiger partial charge in [-0.25, -0.2) is 0 Å². The van der Waals surface area contributed by atoms with E-state index in [1.54, 1.807) is 13.2 Å². The molecule has 1 heterocycles. The lowest BCUT2D eigenvalue weighted by atomic mass is 9.99. The summed E-state index contributed by atoms with van der Waals surface area (Å²) < 4.78 is 5.30. The minimum Gasteiger partial charge on any atom is -0.468 e. The second-order valence-corrected chi connectivity index (χ2v) is 4.28. The first kappa shape index (κ1) is 11.3. The van der Waals surface area contributed by atoms with Crippen LogP contribution in [0.3, 0.4) is 0 Å². The van der Waals surface area contributed by atoms with Gasteiger partial charge in [-0.15, -0.1) is 0 Å². The Bertz CT molecular complexity index is 289. The van der Waals surface area contributed by atoms with E-state index >= 15 is 0 Å². The number of aryl methyl sites for hydroxylation is 1. The molecule has 3 heteroatoms. The molecule has 3 nitrogen and oxygen atoms in total. The number of nitrogens with one attached hydrogen (secondary N) is 1. The normalized spacial score (nSPS) is 14.4. The number of rotatable bonds is 4. The van der Waals surface area contributed by atoms with Crippen molar-refractivity contribution in [3.05, 3.63) is 23.7 Å². The smallest absolute Gasteiger partial charge is 0.120 e. The van der Waals surface area contributed by atoms with Gasteiger partial charge in [0.1, 0.15) is 5.76 Å². The summed E-state index contributed by atoms with van der Waals surface area (Å²) in [6.07, 6.45) is 1.29. The summed E-state index contributed by atoms with van der Waals surface area (Å²) in [5, 5.41) is 12.7. The molecule has 0 spiro atoms. The molecule has 0 aliphatic heterocycles. The summed E-state index contributed by atoms with van der Waals surface area (Å²) in [5.74, 6) is 0.929. The fourth-order valence-corrected chi connectivity index (χ4v) is 1.04. The molecule has 0 saturated carbocycles. The van der Waals surface area contributed by atoms with Crippen LogP contribution in [0.2, 0.25) is 0 Å². The minimum atomic E-state index is -0.391. The Morgan fingerprint density at radius 2 is 2.21 bits per heavy atom. The first-order valence-electron chi connectivity index (χ1n) is 4.89. The van der Waals surface area contributed by atoms with Crippen molar-refractivity contribution in [3.63, 3.8) is 0 Å². The van der Waals surface area contributed by atoms with Crippen molar-refractivity contribution in [1.82, 2.24) is 5.32 Å². The molecular weight excluding hydrogens is 178 g/mol. The summed E-state index contributed by atoms with van der Waals surface area (Å²) in [4.78, 5) is 0. The van der Waals surface area contributed by atoms with Gasteiger partial charge in [-0.2, -0.15) is 0 Å². The lowest BCUT2D eigenvalue weighted by Gasteiger charge is -2.29. The van der Waals surface area contributed by atoms with Crippen molar-refractivity contribution in [1.29, 1.82) is 0 Å². The molecule has 0 amide bonds. The number of aliphatic hydroxyl groups is 1. The SMILES string of the molecule is Cc1ccoc1CNC(C)(C)C(C)O. The van der Waals surface area contributed by atoms with E-state index in [9.17, 15) is 5.11 Å². The third-order valence-electron chi connectivity index (χ3n) is 2.72. The highest BCUT2D eigenvalue weighted by molar-refractivity contribution is 5.14. The maximum absolute atomic E-state index is 9.48. The Morgan fingerprint density at radius 3 is 2.64 bits per heavy atom. The average Bonchev–Trinajstić information content (AvgIpc) is 2.47. The first-order chi connectivity index (χ1) is 6.43. The van der Waals surface area contributed by atoms with E-state index < -0.39 is 6.10 Å². The third-order valence-corrected chi connectivity index (χ3v) is 2.72. The Kier molecular flexibility index (Phi) is 3.34. The van der Waals surface area contributed by atoms with Gasteiger partial charge >= 0.3 is 0 Å². The first-order valence-corrected chi connectivity index (χ1v) is 4.89. The van der Waals surface area contributed by atoms with Crippen molar-refractivity contribution in [2.75, 3.05) is 0 Å². The lowest BCUT2D eigenvalue weighted by Crippen LogP contribution is -2.47. The molecule has 0 saturated heterocycles. The summed E-state index contributed by atoms with van der Waals surface area (Å²) in [6.45, 7) is 8.38. The van der Waals surface area contributed by atoms with Gasteiger partial charge in [0.05, 0.1) is 18.9 Å². The predicted molar refractivity (Wildman–Crippen MR) is 56.0 cm³/mol. The zero-order chi connectivity index (χ0) is 10.8. The average molecular weight is 197 g/mol. The summed E-state index contributed by atoms with van der Waals surface area (Å²) >= 11 is 0. The van der Waals surface area contributed by atoms with Crippen LogP contribution in [0.25, 0.3) is 0 Å². The van der Waals surface area contributed by atoms with Crippen LogP contribution in [0.15, 0.2) is 16.7 Å². The molecule has 0 aromatic carbocycles. The summed E-state index contributed by atoms with van der Waals surface area (Å²) in [7, 11) is 0. The van der Waals surface area contributed by atoms with Crippen LogP contribution in [0.4, 0.5) is 0 Å². The zero-order valence-electron chi connectivity index (χ0n) is 9.29. The van der Waals surface area contributed by atoms with E-state index in [1.807, 2.05) is 26.8 Å². The Labute approximate surface area is 85.1 Å². The summed E-state index contributed by atoms with van der Waals surface area (Å²) in [6, 6.07) is 1.94. The van der Waals surface area contributed by atoms with E-state index in [1.165, 1.54) is 0 Å². The number of hydrogen-bond donors (Lipinski definition) is 2. The molecule has 1 atom stereocenters. The molecule has 14 heavy (non-hydrogen) atoms. The van der Waals surface area contributed by atoms with Crippen LogP contribution in [0.1, 0.15) is 32.1 Å². The molecule has 0 aliphatic rings. The van der Waals surface area contributed by atoms with Gasteiger partial charge in [0.15, 0.2) is 0 Å². The molecule has 80 valence electrons. The fourth-order valence-electron chi connectivity index (χ4n) is 1.04. The van der Waals surface area contributed by atoms with Crippen LogP contribution in [0.5, 0.6) is 0 Å². The van der Waals surface area contributed by atoms with Gasteiger partial charge in [-0.1, -0.05) is 0 Å². The summed E-state index contributed by atoms with van der Waals surface area (Å²) in [5.41, 5.74) is 0.845. The second-order valence-electron chi connectivity index (χ2n) is 4.28. The maximum atomic E-state index is 9.48. The van der Waals surface area contributed by atoms with Crippen molar-refractivity contribution in [3.8, 4) is 0 Å². The monoisotopic (exact) mass is 197 g/mol. The van der Waals surface area contributed by atoms with Gasteiger partial charge in [0.2, 0.25) is 0 Å². The van der Waals surface area contributed by atoms with Crippen LogP contribution >= 0.6 is 0 Å². The second kappa shape index (κ2) is 4.15. The molecule has 1 rings (SSSR count). The minimum absolute atomic E-state index is 0.292. The predicted octanol–water partition coefficient (Wildman–Crippen LogP) is 1.84. The molecule has 1 aromatic heterocycles. The highest BCUT2D eigenvalue weighted by atomic mass is 16.3. The van der Waals surface area contributed by atoms with Crippen LogP contribution < -0.4 is 5.32 Å². The van der Waals surface area contributed by atoms with Crippen LogP contribution in [0, 0.1) is 6.92 Å². The molecule has 2 N–H and O–H groups in total. The molecule has 0 fully saturated rings. The zero-order valence-corrected chi connectivity index (χ0v) is 9.29. The van der Waals surface area contributed by atoms with Gasteiger partial charge in [0, 0.05) is 5.54 Å². The molecule has 0 bridgehead atoms. The Morgan fingerprint density at radius 1 is 1.57 bits per heavy atom. The van der Waals surface area contributed by atoms with Gasteiger partial charge in [-0.3, -0.25) is 0 Å². The molecule has 0 aliphatic carbocycles. The van der Waals surface area contributed by atoms with E-state index in [-0.39, 0.29) is 5.54 Å². The third kappa shape index (κ3) is 2.59. The maximum Gasteiger partial charge on any atom is 0.120 e. The number of hydrogen-bond acceptors (Lipinski definition) is 3. The highest BCUT2D eigenvalue weighted by Gasteiger charge is 2.23. The largest absolute Gasteiger partial charge is 0.468 e. The van der Waals surface area contributed by atoms with Gasteiger partial charge < -0.3 is 14.8 Å². The van der Waals surface area contributed by atoms with Crippen molar-refractivity contribution in [2.24, 2.45) is 0 Å². The molecule has 1 aromatic rings. The van der Waals surface area contributed by atoms with Crippen LogP contribution in [-0.4, -0.2) is 16.7 Å². The topological polar surface area (TPSA) is 45.4 Å². The van der Waals surface area contributed by atoms with Crippen molar-refractivity contribution >= 4 is 0 Å². The Hall–Kier alpha value is -0.800. The lowest BCUT2D eigenvalue weighted by molar-refractivity contribution is 0.0942. The molecule has 0 radical (unpaired) electrons.